The number of rotatable bonds is 6. The Morgan fingerprint density at radius 2 is 2.00 bits per heavy atom. The van der Waals surface area contributed by atoms with Crippen LogP contribution in [0.2, 0.25) is 0 Å². The molecular formula is C18H31N3. The van der Waals surface area contributed by atoms with Crippen LogP contribution in [-0.2, 0) is 0 Å². The Hall–Kier alpha value is -0.900. The van der Waals surface area contributed by atoms with Gasteiger partial charge in [-0.3, -0.25) is 4.90 Å². The van der Waals surface area contributed by atoms with Crippen molar-refractivity contribution >= 4 is 0 Å². The van der Waals surface area contributed by atoms with Crippen LogP contribution in [0.25, 0.3) is 0 Å². The summed E-state index contributed by atoms with van der Waals surface area (Å²) in [5.74, 6) is 0.749. The summed E-state index contributed by atoms with van der Waals surface area (Å²) in [5.41, 5.74) is 2.83. The fourth-order valence-corrected chi connectivity index (χ4v) is 3.62. The maximum Gasteiger partial charge on any atom is 0.0451 e. The van der Waals surface area contributed by atoms with Crippen molar-refractivity contribution < 1.29 is 0 Å². The molecule has 1 aliphatic rings. The summed E-state index contributed by atoms with van der Waals surface area (Å²) in [5, 5.41) is 3.67. The van der Waals surface area contributed by atoms with E-state index >= 15 is 0 Å². The van der Waals surface area contributed by atoms with Gasteiger partial charge in [0, 0.05) is 31.7 Å². The van der Waals surface area contributed by atoms with Gasteiger partial charge in [0.2, 0.25) is 0 Å². The number of hydrogen-bond acceptors (Lipinski definition) is 3. The highest BCUT2D eigenvalue weighted by molar-refractivity contribution is 5.29. The number of aryl methyl sites for hydroxylation is 1. The van der Waals surface area contributed by atoms with Crippen LogP contribution in [0.1, 0.15) is 31.0 Å². The van der Waals surface area contributed by atoms with Gasteiger partial charge in [-0.2, -0.15) is 0 Å². The lowest BCUT2D eigenvalue weighted by atomic mass is 10.0. The van der Waals surface area contributed by atoms with Crippen molar-refractivity contribution in [2.75, 3.05) is 40.3 Å². The molecule has 3 atom stereocenters. The molecule has 21 heavy (non-hydrogen) atoms. The molecule has 0 bridgehead atoms. The van der Waals surface area contributed by atoms with Crippen molar-refractivity contribution in [3.8, 4) is 0 Å². The minimum Gasteiger partial charge on any atom is -0.309 e. The van der Waals surface area contributed by atoms with Crippen LogP contribution in [0.4, 0.5) is 0 Å². The molecule has 1 aromatic carbocycles. The van der Waals surface area contributed by atoms with Crippen molar-refractivity contribution in [3.05, 3.63) is 35.4 Å². The molecule has 118 valence electrons. The third-order valence-electron chi connectivity index (χ3n) is 4.77. The van der Waals surface area contributed by atoms with E-state index in [1.807, 2.05) is 0 Å². The van der Waals surface area contributed by atoms with Gasteiger partial charge < -0.3 is 10.2 Å². The first kappa shape index (κ1) is 16.5. The first-order valence-corrected chi connectivity index (χ1v) is 8.20. The number of likely N-dealkylation sites (N-methyl/N-ethyl adjacent to an activating group) is 2. The van der Waals surface area contributed by atoms with Crippen molar-refractivity contribution in [1.82, 2.24) is 15.1 Å². The molecule has 1 aliphatic heterocycles. The summed E-state index contributed by atoms with van der Waals surface area (Å²) in [4.78, 5) is 5.00. The molecule has 0 aliphatic carbocycles. The quantitative estimate of drug-likeness (QED) is 0.868. The van der Waals surface area contributed by atoms with Crippen molar-refractivity contribution in [2.45, 2.75) is 32.9 Å². The molecular weight excluding hydrogens is 258 g/mol. The Morgan fingerprint density at radius 3 is 2.57 bits per heavy atom. The molecule has 0 radical (unpaired) electrons. The highest BCUT2D eigenvalue weighted by Crippen LogP contribution is 2.24. The zero-order valence-electron chi connectivity index (χ0n) is 14.3. The van der Waals surface area contributed by atoms with Crippen LogP contribution in [-0.4, -0.2) is 56.1 Å². The van der Waals surface area contributed by atoms with E-state index in [1.165, 1.54) is 24.2 Å². The number of nitrogens with zero attached hydrogens (tertiary/aromatic N) is 2. The van der Waals surface area contributed by atoms with E-state index in [-0.39, 0.29) is 0 Å². The Labute approximate surface area is 130 Å². The zero-order valence-corrected chi connectivity index (χ0v) is 14.3. The standard InChI is InChI=1S/C18H31N3/c1-6-19-17(16-10-8-7-9-14(16)2)12-21-11-15(3)18(13-21)20(4)5/h7-10,15,17-19H,6,11-13H2,1-5H3. The molecule has 3 nitrogen and oxygen atoms in total. The van der Waals surface area contributed by atoms with Gasteiger partial charge in [-0.05, 0) is 44.6 Å². The Morgan fingerprint density at radius 1 is 1.29 bits per heavy atom. The second-order valence-electron chi connectivity index (χ2n) is 6.69. The van der Waals surface area contributed by atoms with Crippen LogP contribution in [0.15, 0.2) is 24.3 Å². The van der Waals surface area contributed by atoms with E-state index in [1.54, 1.807) is 0 Å². The first-order valence-electron chi connectivity index (χ1n) is 8.20. The topological polar surface area (TPSA) is 18.5 Å². The molecule has 1 N–H and O–H groups in total. The minimum absolute atomic E-state index is 0.435. The summed E-state index contributed by atoms with van der Waals surface area (Å²) in [7, 11) is 4.40. The molecule has 1 aromatic rings. The minimum atomic E-state index is 0.435. The molecule has 1 heterocycles. The first-order chi connectivity index (χ1) is 10.0. The molecule has 2 rings (SSSR count). The summed E-state index contributed by atoms with van der Waals surface area (Å²) in [6.45, 7) is 11.3. The maximum atomic E-state index is 3.67. The fraction of sp³-hybridized carbons (Fsp3) is 0.667. The smallest absolute Gasteiger partial charge is 0.0451 e. The van der Waals surface area contributed by atoms with Crippen LogP contribution >= 0.6 is 0 Å². The SMILES string of the molecule is CCNC(CN1CC(C)C(N(C)C)C1)c1ccccc1C. The normalized spacial score (nSPS) is 24.7. The van der Waals surface area contributed by atoms with Gasteiger partial charge in [-0.15, -0.1) is 0 Å². The molecule has 3 unspecified atom stereocenters. The van der Waals surface area contributed by atoms with E-state index in [2.05, 4.69) is 74.2 Å². The lowest BCUT2D eigenvalue weighted by Gasteiger charge is -2.27. The lowest BCUT2D eigenvalue weighted by Crippen LogP contribution is -2.37. The number of nitrogens with one attached hydrogen (secondary N) is 1. The number of likely N-dealkylation sites (tertiary alicyclic amines) is 1. The third kappa shape index (κ3) is 4.06. The van der Waals surface area contributed by atoms with E-state index in [9.17, 15) is 0 Å². The van der Waals surface area contributed by atoms with Crippen LogP contribution in [0.3, 0.4) is 0 Å². The van der Waals surface area contributed by atoms with E-state index < -0.39 is 0 Å². The van der Waals surface area contributed by atoms with E-state index in [0.29, 0.717) is 12.1 Å². The summed E-state index contributed by atoms with van der Waals surface area (Å²) in [6.07, 6.45) is 0. The zero-order chi connectivity index (χ0) is 15.4. The van der Waals surface area contributed by atoms with Gasteiger partial charge in [0.05, 0.1) is 0 Å². The predicted octanol–water partition coefficient (Wildman–Crippen LogP) is 2.53. The highest BCUT2D eigenvalue weighted by Gasteiger charge is 2.32. The molecule has 1 saturated heterocycles. The van der Waals surface area contributed by atoms with Gasteiger partial charge in [0.25, 0.3) is 0 Å². The summed E-state index contributed by atoms with van der Waals surface area (Å²) >= 11 is 0. The molecule has 1 fully saturated rings. The molecule has 3 heteroatoms. The summed E-state index contributed by atoms with van der Waals surface area (Å²) in [6, 6.07) is 9.89. The summed E-state index contributed by atoms with van der Waals surface area (Å²) < 4.78 is 0. The molecule has 0 saturated carbocycles. The largest absolute Gasteiger partial charge is 0.309 e. The van der Waals surface area contributed by atoms with Crippen LogP contribution in [0, 0.1) is 12.8 Å². The second-order valence-corrected chi connectivity index (χ2v) is 6.69. The van der Waals surface area contributed by atoms with E-state index in [0.717, 1.165) is 19.0 Å². The van der Waals surface area contributed by atoms with Crippen LogP contribution < -0.4 is 5.32 Å². The highest BCUT2D eigenvalue weighted by atomic mass is 15.2. The van der Waals surface area contributed by atoms with E-state index in [4.69, 9.17) is 0 Å². The molecule has 0 aromatic heterocycles. The van der Waals surface area contributed by atoms with Gasteiger partial charge in [0.1, 0.15) is 0 Å². The Balaban J connectivity index is 2.06. The predicted molar refractivity (Wildman–Crippen MR) is 90.7 cm³/mol. The van der Waals surface area contributed by atoms with Gasteiger partial charge in [-0.1, -0.05) is 38.1 Å². The van der Waals surface area contributed by atoms with Crippen LogP contribution in [0.5, 0.6) is 0 Å². The number of benzene rings is 1. The van der Waals surface area contributed by atoms with Gasteiger partial charge in [0.15, 0.2) is 0 Å². The van der Waals surface area contributed by atoms with Gasteiger partial charge in [-0.25, -0.2) is 0 Å². The van der Waals surface area contributed by atoms with Crippen molar-refractivity contribution in [1.29, 1.82) is 0 Å². The Kier molecular flexibility index (Phi) is 5.80. The monoisotopic (exact) mass is 289 g/mol. The van der Waals surface area contributed by atoms with Crippen molar-refractivity contribution in [3.63, 3.8) is 0 Å². The number of hydrogen-bond donors (Lipinski definition) is 1. The molecule has 0 spiro atoms. The Bertz CT molecular complexity index is 444. The van der Waals surface area contributed by atoms with Crippen molar-refractivity contribution in [2.24, 2.45) is 5.92 Å². The second kappa shape index (κ2) is 7.39. The van der Waals surface area contributed by atoms with Gasteiger partial charge >= 0.3 is 0 Å². The fourth-order valence-electron chi connectivity index (χ4n) is 3.62. The molecule has 0 amide bonds. The lowest BCUT2D eigenvalue weighted by molar-refractivity contribution is 0.243. The average molecular weight is 289 g/mol. The maximum absolute atomic E-state index is 3.67. The third-order valence-corrected chi connectivity index (χ3v) is 4.77. The average Bonchev–Trinajstić information content (AvgIpc) is 2.80.